The molecule has 0 bridgehead atoms. The monoisotopic (exact) mass is 373 g/mol. The van der Waals surface area contributed by atoms with Gasteiger partial charge in [-0.2, -0.15) is 0 Å². The van der Waals surface area contributed by atoms with Crippen molar-refractivity contribution in [1.82, 2.24) is 14.5 Å². The minimum atomic E-state index is -2.98. The molecule has 0 aliphatic rings. The zero-order chi connectivity index (χ0) is 17.6. The average Bonchev–Trinajstić information content (AvgIpc) is 2.50. The van der Waals surface area contributed by atoms with E-state index in [2.05, 4.69) is 9.97 Å². The van der Waals surface area contributed by atoms with Crippen LogP contribution in [0.3, 0.4) is 0 Å². The van der Waals surface area contributed by atoms with Crippen molar-refractivity contribution >= 4 is 34.1 Å². The molecule has 0 aliphatic carbocycles. The first-order chi connectivity index (χ1) is 11.3. The van der Waals surface area contributed by atoms with Crippen molar-refractivity contribution in [2.45, 2.75) is 6.43 Å². The maximum atomic E-state index is 14.2. The summed E-state index contributed by atoms with van der Waals surface area (Å²) in [6.07, 6.45) is -2.98. The van der Waals surface area contributed by atoms with Gasteiger partial charge in [-0.15, -0.1) is 0 Å². The van der Waals surface area contributed by atoms with Gasteiger partial charge in [-0.1, -0.05) is 23.2 Å². The molecule has 4 nitrogen and oxygen atoms in total. The number of aromatic nitrogens is 3. The molecule has 1 aromatic carbocycles. The summed E-state index contributed by atoms with van der Waals surface area (Å²) in [4.78, 5) is 20.1. The second-order valence-electron chi connectivity index (χ2n) is 4.95. The number of nitrogens with zero attached hydrogens (tertiary/aromatic N) is 3. The number of pyridine rings is 1. The smallest absolute Gasteiger partial charge is 0.294 e. The lowest BCUT2D eigenvalue weighted by molar-refractivity contribution is 0.135. The van der Waals surface area contributed by atoms with Crippen molar-refractivity contribution in [1.29, 1.82) is 0 Å². The Bertz CT molecular complexity index is 1020. The molecular weight excluding hydrogens is 366 g/mol. The number of fused-ring (bicyclic) bond motifs is 1. The second-order valence-corrected chi connectivity index (χ2v) is 5.77. The molecule has 0 radical (unpaired) electrons. The summed E-state index contributed by atoms with van der Waals surface area (Å²) in [5.74, 6) is -1.48. The van der Waals surface area contributed by atoms with Crippen molar-refractivity contribution in [2.24, 2.45) is 7.05 Å². The van der Waals surface area contributed by atoms with Crippen LogP contribution in [0.25, 0.3) is 22.2 Å². The van der Waals surface area contributed by atoms with Gasteiger partial charge < -0.3 is 0 Å². The fourth-order valence-corrected chi connectivity index (χ4v) is 2.67. The van der Waals surface area contributed by atoms with Crippen LogP contribution < -0.4 is 5.56 Å². The van der Waals surface area contributed by atoms with Gasteiger partial charge in [-0.05, 0) is 24.3 Å². The summed E-state index contributed by atoms with van der Waals surface area (Å²) in [5.41, 5.74) is -1.03. The molecule has 0 N–H and O–H groups in total. The largest absolute Gasteiger partial charge is 0.295 e. The van der Waals surface area contributed by atoms with Crippen molar-refractivity contribution in [3.8, 4) is 11.3 Å². The first kappa shape index (κ1) is 16.7. The Hall–Kier alpha value is -2.12. The third-order valence-electron chi connectivity index (χ3n) is 3.45. The summed E-state index contributed by atoms with van der Waals surface area (Å²) in [5, 5.41) is 0.0292. The van der Waals surface area contributed by atoms with E-state index in [0.29, 0.717) is 0 Å². The SMILES string of the molecule is Cn1c(C(F)F)nc2c(-c3ccc(Cl)cc3F)nc(Cl)cc2c1=O. The zero-order valence-electron chi connectivity index (χ0n) is 12.0. The van der Waals surface area contributed by atoms with Crippen LogP contribution in [0.5, 0.6) is 0 Å². The average molecular weight is 374 g/mol. The Kier molecular flexibility index (Phi) is 4.23. The Morgan fingerprint density at radius 1 is 1.17 bits per heavy atom. The van der Waals surface area contributed by atoms with Gasteiger partial charge in [0.2, 0.25) is 0 Å². The van der Waals surface area contributed by atoms with Gasteiger partial charge in [0.1, 0.15) is 22.2 Å². The minimum absolute atomic E-state index is 0.0359. The lowest BCUT2D eigenvalue weighted by atomic mass is 10.1. The maximum absolute atomic E-state index is 14.2. The van der Waals surface area contributed by atoms with Gasteiger partial charge >= 0.3 is 0 Å². The lowest BCUT2D eigenvalue weighted by Crippen LogP contribution is -2.23. The molecule has 0 unspecified atom stereocenters. The number of hydrogen-bond acceptors (Lipinski definition) is 3. The molecule has 0 aliphatic heterocycles. The number of halogens is 5. The Morgan fingerprint density at radius 3 is 2.50 bits per heavy atom. The summed E-state index contributed by atoms with van der Waals surface area (Å²) in [7, 11) is 1.17. The lowest BCUT2D eigenvalue weighted by Gasteiger charge is -2.12. The molecule has 3 aromatic rings. The molecular formula is C15H8Cl2F3N3O. The van der Waals surface area contributed by atoms with Crippen LogP contribution >= 0.6 is 23.2 Å². The molecule has 0 saturated heterocycles. The first-order valence-electron chi connectivity index (χ1n) is 6.60. The highest BCUT2D eigenvalue weighted by Crippen LogP contribution is 2.30. The van der Waals surface area contributed by atoms with Gasteiger partial charge in [-0.25, -0.2) is 23.1 Å². The standard InChI is InChI=1S/C15H8Cl2F3N3O/c1-23-14(13(19)20)22-12-8(15(23)24)5-10(17)21-11(12)7-3-2-6(16)4-9(7)18/h2-5,13H,1H3. The molecule has 0 saturated carbocycles. The molecule has 2 heterocycles. The van der Waals surface area contributed by atoms with E-state index in [9.17, 15) is 18.0 Å². The molecule has 3 rings (SSSR count). The number of benzene rings is 1. The summed E-state index contributed by atoms with van der Waals surface area (Å²) >= 11 is 11.6. The van der Waals surface area contributed by atoms with E-state index < -0.39 is 23.6 Å². The van der Waals surface area contributed by atoms with Gasteiger partial charge in [0.15, 0.2) is 5.82 Å². The van der Waals surface area contributed by atoms with Gasteiger partial charge in [-0.3, -0.25) is 9.36 Å². The van der Waals surface area contributed by atoms with Crippen LogP contribution in [0.1, 0.15) is 12.2 Å². The number of rotatable bonds is 2. The second kappa shape index (κ2) is 6.07. The van der Waals surface area contributed by atoms with E-state index in [1.165, 1.54) is 25.2 Å². The van der Waals surface area contributed by atoms with Crippen molar-refractivity contribution in [3.63, 3.8) is 0 Å². The molecule has 0 fully saturated rings. The third-order valence-corrected chi connectivity index (χ3v) is 3.88. The summed E-state index contributed by atoms with van der Waals surface area (Å²) < 4.78 is 41.2. The molecule has 0 amide bonds. The highest BCUT2D eigenvalue weighted by atomic mass is 35.5. The van der Waals surface area contributed by atoms with E-state index in [-0.39, 0.29) is 32.3 Å². The van der Waals surface area contributed by atoms with Crippen LogP contribution in [0.4, 0.5) is 13.2 Å². The quantitative estimate of drug-likeness (QED) is 0.626. The van der Waals surface area contributed by atoms with Crippen molar-refractivity contribution in [2.75, 3.05) is 0 Å². The van der Waals surface area contributed by atoms with Crippen LogP contribution in [-0.4, -0.2) is 14.5 Å². The first-order valence-corrected chi connectivity index (χ1v) is 7.36. The molecule has 0 spiro atoms. The van der Waals surface area contributed by atoms with Crippen LogP contribution in [0, 0.1) is 5.82 Å². The Morgan fingerprint density at radius 2 is 1.88 bits per heavy atom. The highest BCUT2D eigenvalue weighted by Gasteiger charge is 2.21. The molecule has 0 atom stereocenters. The summed E-state index contributed by atoms with van der Waals surface area (Å²) in [6, 6.07) is 4.97. The Labute approximate surface area is 143 Å². The summed E-state index contributed by atoms with van der Waals surface area (Å²) in [6.45, 7) is 0. The minimum Gasteiger partial charge on any atom is -0.294 e. The van der Waals surface area contributed by atoms with E-state index in [1.54, 1.807) is 0 Å². The predicted molar refractivity (Wildman–Crippen MR) is 85.2 cm³/mol. The van der Waals surface area contributed by atoms with Gasteiger partial charge in [0.05, 0.1) is 5.39 Å². The van der Waals surface area contributed by atoms with E-state index in [0.717, 1.165) is 10.6 Å². The molecule has 2 aromatic heterocycles. The van der Waals surface area contributed by atoms with E-state index >= 15 is 0 Å². The fraction of sp³-hybridized carbons (Fsp3) is 0.133. The fourth-order valence-electron chi connectivity index (χ4n) is 2.32. The highest BCUT2D eigenvalue weighted by molar-refractivity contribution is 6.31. The van der Waals surface area contributed by atoms with Crippen molar-refractivity contribution in [3.05, 3.63) is 56.4 Å². The van der Waals surface area contributed by atoms with Gasteiger partial charge in [0.25, 0.3) is 12.0 Å². The molecule has 24 heavy (non-hydrogen) atoms. The normalized spacial score (nSPS) is 11.5. The zero-order valence-corrected chi connectivity index (χ0v) is 13.5. The Balaban J connectivity index is 2.46. The number of alkyl halides is 2. The predicted octanol–water partition coefficient (Wildman–Crippen LogP) is 4.38. The molecule has 9 heteroatoms. The van der Waals surface area contributed by atoms with Crippen LogP contribution in [0.2, 0.25) is 10.2 Å². The topological polar surface area (TPSA) is 47.8 Å². The van der Waals surface area contributed by atoms with Gasteiger partial charge in [0, 0.05) is 17.6 Å². The van der Waals surface area contributed by atoms with Crippen LogP contribution in [-0.2, 0) is 7.05 Å². The van der Waals surface area contributed by atoms with Crippen LogP contribution in [0.15, 0.2) is 29.1 Å². The van der Waals surface area contributed by atoms with E-state index in [1.807, 2.05) is 0 Å². The van der Waals surface area contributed by atoms with E-state index in [4.69, 9.17) is 23.2 Å². The molecule has 124 valence electrons. The third kappa shape index (κ3) is 2.74. The maximum Gasteiger partial charge on any atom is 0.295 e. The number of hydrogen-bond donors (Lipinski definition) is 0. The van der Waals surface area contributed by atoms with Crippen molar-refractivity contribution < 1.29 is 13.2 Å².